The van der Waals surface area contributed by atoms with Crippen LogP contribution < -0.4 is 0 Å². The number of hydrogen-bond acceptors (Lipinski definition) is 5. The Kier molecular flexibility index (Phi) is 5.09. The fourth-order valence-corrected chi connectivity index (χ4v) is 1.73. The van der Waals surface area contributed by atoms with Gasteiger partial charge < -0.3 is 9.47 Å². The van der Waals surface area contributed by atoms with Crippen molar-refractivity contribution in [2.45, 2.75) is 19.8 Å². The summed E-state index contributed by atoms with van der Waals surface area (Å²) >= 11 is 5.89. The van der Waals surface area contributed by atoms with E-state index in [1.54, 1.807) is 0 Å². The monoisotopic (exact) mass is 271 g/mol. The second-order valence-electron chi connectivity index (χ2n) is 3.55. The summed E-state index contributed by atoms with van der Waals surface area (Å²) in [6.07, 6.45) is 1.37. The van der Waals surface area contributed by atoms with Crippen molar-refractivity contribution in [3.63, 3.8) is 0 Å². The summed E-state index contributed by atoms with van der Waals surface area (Å²) in [7, 11) is 2.50. The Morgan fingerprint density at radius 2 is 1.78 bits per heavy atom. The van der Waals surface area contributed by atoms with Crippen molar-refractivity contribution in [3.8, 4) is 0 Å². The zero-order valence-electron chi connectivity index (χ0n) is 10.4. The summed E-state index contributed by atoms with van der Waals surface area (Å²) in [4.78, 5) is 27.2. The number of hydrogen-bond donors (Lipinski definition) is 0. The number of ether oxygens (including phenoxy) is 2. The van der Waals surface area contributed by atoms with E-state index < -0.39 is 11.9 Å². The van der Waals surface area contributed by atoms with Gasteiger partial charge in [-0.05, 0) is 12.5 Å². The normalized spacial score (nSPS) is 10.0. The van der Waals surface area contributed by atoms with Crippen LogP contribution in [0.3, 0.4) is 0 Å². The van der Waals surface area contributed by atoms with E-state index in [0.29, 0.717) is 12.1 Å². The van der Waals surface area contributed by atoms with Gasteiger partial charge in [0.05, 0.1) is 31.0 Å². The number of carbonyl (C=O) groups excluding carboxylic acids is 2. The highest BCUT2D eigenvalue weighted by atomic mass is 35.5. The van der Waals surface area contributed by atoms with E-state index in [-0.39, 0.29) is 16.3 Å². The molecule has 0 aromatic carbocycles. The van der Waals surface area contributed by atoms with Gasteiger partial charge in [0.15, 0.2) is 0 Å². The Morgan fingerprint density at radius 3 is 2.28 bits per heavy atom. The number of halogens is 1. The molecular formula is C12H14ClNO4. The molecule has 1 heterocycles. The van der Waals surface area contributed by atoms with Crippen LogP contribution in [-0.2, 0) is 15.9 Å². The molecule has 1 aromatic rings. The van der Waals surface area contributed by atoms with E-state index in [1.165, 1.54) is 20.3 Å². The zero-order valence-corrected chi connectivity index (χ0v) is 11.2. The third kappa shape index (κ3) is 2.98. The number of aromatic nitrogens is 1. The highest BCUT2D eigenvalue weighted by Crippen LogP contribution is 2.20. The predicted octanol–water partition coefficient (Wildman–Crippen LogP) is 2.26. The first kappa shape index (κ1) is 14.4. The van der Waals surface area contributed by atoms with E-state index >= 15 is 0 Å². The quantitative estimate of drug-likeness (QED) is 0.621. The molecule has 98 valence electrons. The van der Waals surface area contributed by atoms with E-state index in [1.807, 2.05) is 6.92 Å². The van der Waals surface area contributed by atoms with Crippen LogP contribution in [0, 0.1) is 0 Å². The van der Waals surface area contributed by atoms with Crippen LogP contribution in [-0.4, -0.2) is 31.1 Å². The standard InChI is InChI=1S/C12H14ClNO4/c1-4-5-9-7(11(15)17-2)6-8(10(13)14-9)12(16)18-3/h6H,4-5H2,1-3H3. The number of pyridine rings is 1. The van der Waals surface area contributed by atoms with Gasteiger partial charge in [0.1, 0.15) is 5.15 Å². The van der Waals surface area contributed by atoms with Gasteiger partial charge in [-0.2, -0.15) is 0 Å². The lowest BCUT2D eigenvalue weighted by atomic mass is 10.1. The van der Waals surface area contributed by atoms with E-state index in [9.17, 15) is 9.59 Å². The molecule has 0 saturated heterocycles. The summed E-state index contributed by atoms with van der Waals surface area (Å²) in [5.74, 6) is -1.19. The third-order valence-corrected chi connectivity index (χ3v) is 2.64. The lowest BCUT2D eigenvalue weighted by molar-refractivity contribution is 0.0597. The summed E-state index contributed by atoms with van der Waals surface area (Å²) in [6.45, 7) is 1.95. The Balaban J connectivity index is 3.35. The van der Waals surface area contributed by atoms with Crippen molar-refractivity contribution in [2.24, 2.45) is 0 Å². The zero-order chi connectivity index (χ0) is 13.7. The van der Waals surface area contributed by atoms with Crippen molar-refractivity contribution >= 4 is 23.5 Å². The topological polar surface area (TPSA) is 65.5 Å². The lowest BCUT2D eigenvalue weighted by Gasteiger charge is -2.09. The first-order valence-electron chi connectivity index (χ1n) is 5.41. The first-order valence-corrected chi connectivity index (χ1v) is 5.79. The van der Waals surface area contributed by atoms with Gasteiger partial charge in [-0.15, -0.1) is 0 Å². The van der Waals surface area contributed by atoms with E-state index in [4.69, 9.17) is 11.6 Å². The largest absolute Gasteiger partial charge is 0.465 e. The highest BCUT2D eigenvalue weighted by molar-refractivity contribution is 6.32. The molecule has 0 aliphatic heterocycles. The molecule has 1 aromatic heterocycles. The van der Waals surface area contributed by atoms with Gasteiger partial charge in [0, 0.05) is 0 Å². The minimum atomic E-state index is -0.638. The SMILES string of the molecule is CCCc1nc(Cl)c(C(=O)OC)cc1C(=O)OC. The maximum atomic E-state index is 11.6. The number of esters is 2. The molecule has 0 spiro atoms. The third-order valence-electron chi connectivity index (χ3n) is 2.35. The van der Waals surface area contributed by atoms with Gasteiger partial charge in [-0.3, -0.25) is 0 Å². The number of rotatable bonds is 4. The molecule has 0 aliphatic carbocycles. The van der Waals surface area contributed by atoms with Gasteiger partial charge in [0.25, 0.3) is 0 Å². The number of aryl methyl sites for hydroxylation is 1. The van der Waals surface area contributed by atoms with Crippen molar-refractivity contribution < 1.29 is 19.1 Å². The average Bonchev–Trinajstić information content (AvgIpc) is 2.37. The van der Waals surface area contributed by atoms with Crippen molar-refractivity contribution in [1.82, 2.24) is 4.98 Å². The summed E-state index contributed by atoms with van der Waals surface area (Å²) in [5.41, 5.74) is 0.811. The molecule has 1 rings (SSSR count). The van der Waals surface area contributed by atoms with Gasteiger partial charge >= 0.3 is 11.9 Å². The molecule has 0 amide bonds. The van der Waals surface area contributed by atoms with Crippen LogP contribution in [0.15, 0.2) is 6.07 Å². The summed E-state index contributed by atoms with van der Waals surface area (Å²) < 4.78 is 9.23. The maximum Gasteiger partial charge on any atom is 0.341 e. The molecule has 0 fully saturated rings. The predicted molar refractivity (Wildman–Crippen MR) is 65.9 cm³/mol. The maximum absolute atomic E-state index is 11.6. The summed E-state index contributed by atoms with van der Waals surface area (Å²) in [6, 6.07) is 1.36. The minimum absolute atomic E-state index is 0.0259. The molecule has 0 atom stereocenters. The van der Waals surface area contributed by atoms with Crippen LogP contribution in [0.1, 0.15) is 39.8 Å². The Hall–Kier alpha value is -1.62. The van der Waals surface area contributed by atoms with Crippen LogP contribution in [0.2, 0.25) is 5.15 Å². The molecule has 0 N–H and O–H groups in total. The average molecular weight is 272 g/mol. The molecule has 0 bridgehead atoms. The number of nitrogens with zero attached hydrogens (tertiary/aromatic N) is 1. The molecule has 0 aliphatic rings. The first-order chi connectivity index (χ1) is 8.54. The van der Waals surface area contributed by atoms with E-state index in [0.717, 1.165) is 6.42 Å². The molecule has 18 heavy (non-hydrogen) atoms. The Labute approximate surface area is 110 Å². The molecular weight excluding hydrogens is 258 g/mol. The smallest absolute Gasteiger partial charge is 0.341 e. The number of carbonyl (C=O) groups is 2. The van der Waals surface area contributed by atoms with Crippen molar-refractivity contribution in [1.29, 1.82) is 0 Å². The molecule has 5 nitrogen and oxygen atoms in total. The van der Waals surface area contributed by atoms with Crippen LogP contribution in [0.4, 0.5) is 0 Å². The van der Waals surface area contributed by atoms with Crippen LogP contribution in [0.25, 0.3) is 0 Å². The number of methoxy groups -OCH3 is 2. The Bertz CT molecular complexity index is 473. The van der Waals surface area contributed by atoms with Crippen molar-refractivity contribution in [3.05, 3.63) is 28.0 Å². The molecule has 6 heteroatoms. The van der Waals surface area contributed by atoms with Crippen molar-refractivity contribution in [2.75, 3.05) is 14.2 Å². The minimum Gasteiger partial charge on any atom is -0.465 e. The second kappa shape index (κ2) is 6.35. The molecule has 0 saturated carbocycles. The lowest BCUT2D eigenvalue weighted by Crippen LogP contribution is -2.12. The fourth-order valence-electron chi connectivity index (χ4n) is 1.49. The fraction of sp³-hybridized carbons (Fsp3) is 0.417. The van der Waals surface area contributed by atoms with Gasteiger partial charge in [-0.1, -0.05) is 24.9 Å². The highest BCUT2D eigenvalue weighted by Gasteiger charge is 2.20. The van der Waals surface area contributed by atoms with Gasteiger partial charge in [0.2, 0.25) is 0 Å². The molecule has 0 radical (unpaired) electrons. The van der Waals surface area contributed by atoms with Gasteiger partial charge in [-0.25, -0.2) is 14.6 Å². The summed E-state index contributed by atoms with van der Waals surface area (Å²) in [5, 5.41) is 0.0259. The molecule has 0 unspecified atom stereocenters. The Morgan fingerprint density at radius 1 is 1.22 bits per heavy atom. The van der Waals surface area contributed by atoms with E-state index in [2.05, 4.69) is 14.5 Å². The van der Waals surface area contributed by atoms with Crippen LogP contribution >= 0.6 is 11.6 Å². The van der Waals surface area contributed by atoms with Crippen LogP contribution in [0.5, 0.6) is 0 Å². The second-order valence-corrected chi connectivity index (χ2v) is 3.91.